The molecule has 0 radical (unpaired) electrons. The number of aromatic nitrogens is 3. The van der Waals surface area contributed by atoms with E-state index in [0.29, 0.717) is 17.0 Å². The largest absolute Gasteiger partial charge is 0.396 e. The monoisotopic (exact) mass is 471 g/mol. The minimum atomic E-state index is -0.799. The Kier molecular flexibility index (Phi) is 7.39. The van der Waals surface area contributed by atoms with Crippen LogP contribution in [0.2, 0.25) is 0 Å². The molecule has 5 N–H and O–H groups in total. The van der Waals surface area contributed by atoms with E-state index >= 15 is 0 Å². The maximum absolute atomic E-state index is 14.0. The molecule has 0 aliphatic carbocycles. The Morgan fingerprint density at radius 2 is 2.09 bits per heavy atom. The Morgan fingerprint density at radius 3 is 2.73 bits per heavy atom. The van der Waals surface area contributed by atoms with Gasteiger partial charge < -0.3 is 21.3 Å². The van der Waals surface area contributed by atoms with Gasteiger partial charge in [-0.05, 0) is 26.0 Å². The number of allylic oxidation sites excluding steroid dienone is 1. The van der Waals surface area contributed by atoms with E-state index in [1.165, 1.54) is 24.6 Å². The number of nitrogens with zero attached hydrogens (tertiary/aromatic N) is 4. The smallest absolute Gasteiger partial charge is 0.231 e. The zero-order valence-corrected chi connectivity index (χ0v) is 18.8. The number of halogens is 2. The van der Waals surface area contributed by atoms with Crippen LogP contribution in [0.25, 0.3) is 5.70 Å². The zero-order chi connectivity index (χ0) is 24.0. The number of nitrogen functional groups attached to an aromatic ring is 1. The summed E-state index contributed by atoms with van der Waals surface area (Å²) < 4.78 is 18.9. The summed E-state index contributed by atoms with van der Waals surface area (Å²) >= 11 is 5.83. The van der Waals surface area contributed by atoms with Gasteiger partial charge in [-0.3, -0.25) is 9.79 Å². The number of carbonyl (C=O) groups is 1. The predicted octanol–water partition coefficient (Wildman–Crippen LogP) is 3.38. The van der Waals surface area contributed by atoms with Crippen molar-refractivity contribution in [3.8, 4) is 0 Å². The van der Waals surface area contributed by atoms with Crippen molar-refractivity contribution in [3.63, 3.8) is 0 Å². The summed E-state index contributed by atoms with van der Waals surface area (Å²) in [5.74, 6) is -0.420. The first-order valence-corrected chi connectivity index (χ1v) is 10.4. The molecule has 0 fully saturated rings. The molecule has 3 aromatic rings. The lowest BCUT2D eigenvalue weighted by Crippen LogP contribution is -2.32. The number of hydrogen-bond acceptors (Lipinski definition) is 8. The van der Waals surface area contributed by atoms with Crippen LogP contribution in [-0.4, -0.2) is 32.6 Å². The molecule has 3 rings (SSSR count). The fraction of sp³-hybridized carbons (Fsp3) is 0.227. The number of rotatable bonds is 8. The average Bonchev–Trinajstić information content (AvgIpc) is 3.33. The van der Waals surface area contributed by atoms with Crippen molar-refractivity contribution < 1.29 is 13.7 Å². The molecule has 172 valence electrons. The second-order valence-corrected chi connectivity index (χ2v) is 8.01. The van der Waals surface area contributed by atoms with Gasteiger partial charge >= 0.3 is 0 Å². The maximum Gasteiger partial charge on any atom is 0.231 e. The molecule has 1 aromatic carbocycles. The highest BCUT2D eigenvalue weighted by molar-refractivity contribution is 6.20. The van der Waals surface area contributed by atoms with E-state index in [-0.39, 0.29) is 47.2 Å². The summed E-state index contributed by atoms with van der Waals surface area (Å²) in [7, 11) is 0. The van der Waals surface area contributed by atoms with E-state index in [1.54, 1.807) is 38.1 Å². The third kappa shape index (κ3) is 5.92. The van der Waals surface area contributed by atoms with Gasteiger partial charge in [-0.1, -0.05) is 23.4 Å². The Morgan fingerprint density at radius 1 is 1.33 bits per heavy atom. The molecular weight excluding hydrogens is 449 g/mol. The molecule has 0 aliphatic heterocycles. The van der Waals surface area contributed by atoms with E-state index in [1.807, 2.05) is 0 Å². The second-order valence-electron chi connectivity index (χ2n) is 7.74. The van der Waals surface area contributed by atoms with Crippen LogP contribution in [0, 0.1) is 11.2 Å². The Balaban J connectivity index is 1.87. The van der Waals surface area contributed by atoms with E-state index in [9.17, 15) is 9.18 Å². The molecule has 0 saturated heterocycles. The molecule has 33 heavy (non-hydrogen) atoms. The van der Waals surface area contributed by atoms with E-state index in [2.05, 4.69) is 25.4 Å². The van der Waals surface area contributed by atoms with Crippen molar-refractivity contribution in [2.75, 3.05) is 16.9 Å². The highest BCUT2D eigenvalue weighted by atomic mass is 35.5. The highest BCUT2D eigenvalue weighted by Crippen LogP contribution is 2.23. The molecule has 0 saturated carbocycles. The summed E-state index contributed by atoms with van der Waals surface area (Å²) in [5, 5.41) is 6.53. The molecule has 0 atom stereocenters. The first-order valence-electron chi connectivity index (χ1n) is 9.87. The highest BCUT2D eigenvalue weighted by Gasteiger charge is 2.27. The quantitative estimate of drug-likeness (QED) is 0.337. The normalized spacial score (nSPS) is 12.6. The summed E-state index contributed by atoms with van der Waals surface area (Å²) in [6.07, 6.45) is 4.22. The van der Waals surface area contributed by atoms with Gasteiger partial charge in [-0.2, -0.15) is 0 Å². The van der Waals surface area contributed by atoms with E-state index < -0.39 is 5.41 Å². The molecule has 0 spiro atoms. The molecule has 0 bridgehead atoms. The molecule has 9 nitrogen and oxygen atoms in total. The number of aliphatic imine (C=N–C) groups is 1. The topological polar surface area (TPSA) is 145 Å². The fourth-order valence-electron chi connectivity index (χ4n) is 2.54. The van der Waals surface area contributed by atoms with Crippen molar-refractivity contribution in [1.82, 2.24) is 15.1 Å². The van der Waals surface area contributed by atoms with E-state index in [0.717, 1.165) is 0 Å². The zero-order valence-electron chi connectivity index (χ0n) is 18.0. The summed E-state index contributed by atoms with van der Waals surface area (Å²) in [6, 6.07) is 7.91. The molecule has 0 aliphatic rings. The lowest BCUT2D eigenvalue weighted by molar-refractivity contribution is -0.122. The number of amides is 1. The fourth-order valence-corrected chi connectivity index (χ4v) is 2.66. The average molecular weight is 472 g/mol. The van der Waals surface area contributed by atoms with Crippen LogP contribution in [0.1, 0.15) is 30.9 Å². The molecule has 11 heteroatoms. The Hall–Kier alpha value is -3.79. The SMILES string of the molecule is CC(C)(CCl)C(=O)Nc1cnc(C(N)=CC(=NCc2ccccc2F)c2ccon2)nc1N. The number of alkyl halides is 1. The Labute approximate surface area is 194 Å². The van der Waals surface area contributed by atoms with Gasteiger partial charge in [0.2, 0.25) is 5.91 Å². The van der Waals surface area contributed by atoms with Crippen molar-refractivity contribution in [3.05, 3.63) is 71.8 Å². The molecule has 0 unspecified atom stereocenters. The third-order valence-electron chi connectivity index (χ3n) is 4.64. The second kappa shape index (κ2) is 10.2. The number of hydrogen-bond donors (Lipinski definition) is 3. The lowest BCUT2D eigenvalue weighted by atomic mass is 9.95. The number of nitrogens with two attached hydrogens (primary N) is 2. The molecular formula is C22H23ClFN7O2. The first-order chi connectivity index (χ1) is 15.7. The van der Waals surface area contributed by atoms with Crippen LogP contribution in [0.15, 0.2) is 58.4 Å². The van der Waals surface area contributed by atoms with Crippen molar-refractivity contribution in [2.45, 2.75) is 20.4 Å². The minimum absolute atomic E-state index is 0.0290. The van der Waals surface area contributed by atoms with Crippen LogP contribution in [-0.2, 0) is 11.3 Å². The van der Waals surface area contributed by atoms with Crippen molar-refractivity contribution in [2.24, 2.45) is 16.1 Å². The number of carbonyl (C=O) groups excluding carboxylic acids is 1. The van der Waals surface area contributed by atoms with Gasteiger partial charge in [0.15, 0.2) is 11.6 Å². The van der Waals surface area contributed by atoms with Crippen LogP contribution in [0.5, 0.6) is 0 Å². The standard InChI is InChI=1S/C22H23ClFN7O2/c1-22(2,12-23)21(32)29-18-11-28-20(30-19(18)26)15(25)9-17(16-7-8-33-31-16)27-10-13-5-3-4-6-14(13)24/h3-9,11H,10,12,25H2,1-2H3,(H,29,32)(H2,26,28,30). The van der Waals surface area contributed by atoms with Gasteiger partial charge in [0.25, 0.3) is 0 Å². The van der Waals surface area contributed by atoms with Crippen LogP contribution >= 0.6 is 11.6 Å². The van der Waals surface area contributed by atoms with Gasteiger partial charge in [0.05, 0.1) is 29.6 Å². The van der Waals surface area contributed by atoms with Gasteiger partial charge in [-0.15, -0.1) is 11.6 Å². The third-order valence-corrected chi connectivity index (χ3v) is 5.31. The van der Waals surface area contributed by atoms with Crippen LogP contribution in [0.3, 0.4) is 0 Å². The van der Waals surface area contributed by atoms with Crippen molar-refractivity contribution >= 4 is 40.4 Å². The summed E-state index contributed by atoms with van der Waals surface area (Å²) in [4.78, 5) is 25.1. The predicted molar refractivity (Wildman–Crippen MR) is 125 cm³/mol. The lowest BCUT2D eigenvalue weighted by Gasteiger charge is -2.20. The van der Waals surface area contributed by atoms with Crippen molar-refractivity contribution in [1.29, 1.82) is 0 Å². The summed E-state index contributed by atoms with van der Waals surface area (Å²) in [6.45, 7) is 3.46. The number of benzene rings is 1. The van der Waals surface area contributed by atoms with Crippen LogP contribution < -0.4 is 16.8 Å². The molecule has 1 amide bonds. The molecule has 2 heterocycles. The van der Waals surface area contributed by atoms with Crippen LogP contribution in [0.4, 0.5) is 15.9 Å². The minimum Gasteiger partial charge on any atom is -0.396 e. The Bertz CT molecular complexity index is 1190. The number of anilines is 2. The summed E-state index contributed by atoms with van der Waals surface area (Å²) in [5.41, 5.74) is 12.9. The first kappa shape index (κ1) is 23.9. The number of nitrogens with one attached hydrogen (secondary N) is 1. The maximum atomic E-state index is 14.0. The van der Waals surface area contributed by atoms with E-state index in [4.69, 9.17) is 27.6 Å². The molecule has 2 aromatic heterocycles. The van der Waals surface area contributed by atoms with Gasteiger partial charge in [0, 0.05) is 17.5 Å². The van der Waals surface area contributed by atoms with Gasteiger partial charge in [-0.25, -0.2) is 14.4 Å². The van der Waals surface area contributed by atoms with Gasteiger partial charge in [0.1, 0.15) is 23.5 Å².